The average molecular weight is 957 g/mol. The molecule has 0 rings (SSSR count). The number of likely N-dealkylation sites (N-methyl/N-ethyl adjacent to an activating group) is 1. The molecule has 1 N–H and O–H groups in total. The van der Waals surface area contributed by atoms with Gasteiger partial charge in [0.1, 0.15) is 19.3 Å². The third kappa shape index (κ3) is 48.0. The first-order chi connectivity index (χ1) is 32.4. The number of esters is 1. The number of rotatable bonds is 47. The summed E-state index contributed by atoms with van der Waals surface area (Å²) >= 11 is 0. The molecule has 0 spiro atoms. The molecule has 1 amide bonds. The summed E-state index contributed by atoms with van der Waals surface area (Å²) in [6, 6.07) is -0.911. The van der Waals surface area contributed by atoms with Gasteiger partial charge in [-0.1, -0.05) is 190 Å². The molecule has 0 aromatic heterocycles. The third-order valence-electron chi connectivity index (χ3n) is 11.3. The van der Waals surface area contributed by atoms with Gasteiger partial charge in [-0.2, -0.15) is 0 Å². The lowest BCUT2D eigenvalue weighted by Crippen LogP contribution is -2.47. The highest BCUT2D eigenvalue weighted by Crippen LogP contribution is 2.38. The van der Waals surface area contributed by atoms with E-state index in [1.807, 2.05) is 33.3 Å². The Morgan fingerprint density at radius 3 is 1.43 bits per heavy atom. The number of carbonyl (C=O) groups is 2. The predicted octanol–water partition coefficient (Wildman–Crippen LogP) is 15.2. The van der Waals surface area contributed by atoms with Crippen LogP contribution in [0.25, 0.3) is 0 Å². The fraction of sp³-hybridized carbons (Fsp3) is 0.719. The van der Waals surface area contributed by atoms with Crippen LogP contribution in [0.4, 0.5) is 0 Å². The summed E-state index contributed by atoms with van der Waals surface area (Å²) < 4.78 is 30.1. The van der Waals surface area contributed by atoms with Crippen LogP contribution in [0.2, 0.25) is 0 Å². The molecule has 0 saturated heterocycles. The van der Waals surface area contributed by atoms with Crippen molar-refractivity contribution in [3.8, 4) is 0 Å². The Hall–Kier alpha value is -2.81. The number of nitrogens with zero attached hydrogens (tertiary/aromatic N) is 1. The van der Waals surface area contributed by atoms with Gasteiger partial charge in [-0.05, 0) is 96.0 Å². The molecule has 0 radical (unpaired) electrons. The SMILES string of the molecule is CC/C=C/C/C=C/C/C=C/CCCCCCC(=O)NC(COP(=O)([O-])OCC[N+](C)(C)C)C(/C=C/CCCCCCCCCCCCC)OC(=O)CCCCCC/C=C/C/C=C/C/C=C/CC. The number of hydrogen-bond acceptors (Lipinski definition) is 7. The van der Waals surface area contributed by atoms with E-state index in [0.717, 1.165) is 109 Å². The summed E-state index contributed by atoms with van der Waals surface area (Å²) in [6.07, 6.45) is 59.8. The Bertz CT molecular complexity index is 1430. The highest BCUT2D eigenvalue weighted by Gasteiger charge is 2.27. The second-order valence-electron chi connectivity index (χ2n) is 19.0. The molecule has 0 aliphatic rings. The van der Waals surface area contributed by atoms with Crippen molar-refractivity contribution in [1.29, 1.82) is 0 Å². The van der Waals surface area contributed by atoms with Crippen LogP contribution in [0.1, 0.15) is 213 Å². The molecule has 67 heavy (non-hydrogen) atoms. The number of quaternary nitrogens is 1. The van der Waals surface area contributed by atoms with Crippen molar-refractivity contribution < 1.29 is 37.3 Å². The van der Waals surface area contributed by atoms with E-state index in [9.17, 15) is 19.0 Å². The number of phosphoric acid groups is 1. The maximum Gasteiger partial charge on any atom is 0.306 e. The van der Waals surface area contributed by atoms with Crippen LogP contribution in [0.15, 0.2) is 85.1 Å². The molecule has 0 aliphatic heterocycles. The van der Waals surface area contributed by atoms with Gasteiger partial charge in [0.2, 0.25) is 5.91 Å². The zero-order valence-corrected chi connectivity index (χ0v) is 44.7. The second-order valence-corrected chi connectivity index (χ2v) is 20.4. The van der Waals surface area contributed by atoms with Crippen LogP contribution >= 0.6 is 7.82 Å². The summed E-state index contributed by atoms with van der Waals surface area (Å²) in [5.74, 6) is -0.600. The molecule has 0 aromatic carbocycles. The molecule has 0 saturated carbocycles. The van der Waals surface area contributed by atoms with Gasteiger partial charge in [0, 0.05) is 12.8 Å². The minimum absolute atomic E-state index is 0.0345. The molecular weight excluding hydrogens is 856 g/mol. The van der Waals surface area contributed by atoms with E-state index in [2.05, 4.69) is 99.0 Å². The van der Waals surface area contributed by atoms with Crippen LogP contribution in [0.3, 0.4) is 0 Å². The molecular formula is C57H101N2O7P. The molecule has 10 heteroatoms. The predicted molar refractivity (Wildman–Crippen MR) is 284 cm³/mol. The van der Waals surface area contributed by atoms with E-state index in [0.29, 0.717) is 23.9 Å². The molecule has 0 bridgehead atoms. The van der Waals surface area contributed by atoms with Crippen LogP contribution in [0.5, 0.6) is 0 Å². The summed E-state index contributed by atoms with van der Waals surface area (Å²) in [5, 5.41) is 2.99. The maximum absolute atomic E-state index is 13.4. The highest BCUT2D eigenvalue weighted by atomic mass is 31.2. The normalized spacial score (nSPS) is 14.6. The van der Waals surface area contributed by atoms with Crippen molar-refractivity contribution in [3.05, 3.63) is 85.1 Å². The number of allylic oxidation sites excluding steroid dienone is 13. The first kappa shape index (κ1) is 64.2. The van der Waals surface area contributed by atoms with Gasteiger partial charge in [0.15, 0.2) is 0 Å². The fourth-order valence-corrected chi connectivity index (χ4v) is 7.92. The van der Waals surface area contributed by atoms with Crippen LogP contribution in [-0.2, 0) is 27.9 Å². The standard InChI is InChI=1S/C57H101N2O7P/c1-7-10-13-16-19-22-25-28-31-34-37-40-43-46-49-56(60)58-54(53-65-67(62,63)64-52-51-59(4,5)6)55(48-45-42-39-36-33-30-27-24-21-18-15-12-9-3)66-57(61)50-47-44-41-38-35-32-29-26-23-20-17-14-11-8-2/h10-11,13-14,19-20,22-23,28-29,31-32,45,48,54-55H,7-9,12,15-18,21,24-27,30,33-44,46-47,49-53H2,1-6H3,(H-,58,60,62,63)/b13-10+,14-11+,22-19+,23-20+,31-28+,32-29+,48-45+. The van der Waals surface area contributed by atoms with Crippen LogP contribution < -0.4 is 10.2 Å². The highest BCUT2D eigenvalue weighted by molar-refractivity contribution is 7.45. The molecule has 0 aliphatic carbocycles. The van der Waals surface area contributed by atoms with E-state index < -0.39 is 26.6 Å². The third-order valence-corrected chi connectivity index (χ3v) is 12.3. The van der Waals surface area contributed by atoms with Gasteiger partial charge in [-0.3, -0.25) is 14.2 Å². The van der Waals surface area contributed by atoms with Crippen molar-refractivity contribution in [2.75, 3.05) is 40.9 Å². The molecule has 0 heterocycles. The Balaban J connectivity index is 5.51. The van der Waals surface area contributed by atoms with E-state index in [1.54, 1.807) is 0 Å². The lowest BCUT2D eigenvalue weighted by Gasteiger charge is -2.30. The molecule has 3 unspecified atom stereocenters. The van der Waals surface area contributed by atoms with E-state index in [-0.39, 0.29) is 31.3 Å². The minimum Gasteiger partial charge on any atom is -0.756 e. The summed E-state index contributed by atoms with van der Waals surface area (Å²) in [4.78, 5) is 39.7. The minimum atomic E-state index is -4.71. The molecule has 386 valence electrons. The van der Waals surface area contributed by atoms with Crippen molar-refractivity contribution in [1.82, 2.24) is 5.32 Å². The summed E-state index contributed by atoms with van der Waals surface area (Å²) in [7, 11) is 1.14. The van der Waals surface area contributed by atoms with Gasteiger partial charge in [0.25, 0.3) is 7.82 Å². The fourth-order valence-electron chi connectivity index (χ4n) is 7.20. The number of ether oxygens (including phenoxy) is 1. The lowest BCUT2D eigenvalue weighted by atomic mass is 10.0. The van der Waals surface area contributed by atoms with Gasteiger partial charge < -0.3 is 28.5 Å². The topological polar surface area (TPSA) is 114 Å². The van der Waals surface area contributed by atoms with Crippen LogP contribution in [-0.4, -0.2) is 69.4 Å². The average Bonchev–Trinajstić information content (AvgIpc) is 3.28. The largest absolute Gasteiger partial charge is 0.756 e. The van der Waals surface area contributed by atoms with Crippen molar-refractivity contribution in [2.45, 2.75) is 226 Å². The van der Waals surface area contributed by atoms with E-state index in [4.69, 9.17) is 13.8 Å². The van der Waals surface area contributed by atoms with Crippen molar-refractivity contribution in [2.24, 2.45) is 0 Å². The number of unbranched alkanes of at least 4 members (excludes halogenated alkanes) is 19. The van der Waals surface area contributed by atoms with E-state index >= 15 is 0 Å². The van der Waals surface area contributed by atoms with Gasteiger partial charge in [0.05, 0.1) is 33.8 Å². The van der Waals surface area contributed by atoms with Gasteiger partial charge >= 0.3 is 5.97 Å². The summed E-state index contributed by atoms with van der Waals surface area (Å²) in [6.45, 7) is 6.56. The first-order valence-corrected chi connectivity index (χ1v) is 28.4. The quantitative estimate of drug-likeness (QED) is 0.0212. The monoisotopic (exact) mass is 957 g/mol. The number of amides is 1. The second kappa shape index (κ2) is 46.9. The number of nitrogens with one attached hydrogen (secondary N) is 1. The Labute approximate surface area is 412 Å². The smallest absolute Gasteiger partial charge is 0.306 e. The van der Waals surface area contributed by atoms with Gasteiger partial charge in [-0.15, -0.1) is 0 Å². The van der Waals surface area contributed by atoms with Gasteiger partial charge in [-0.25, -0.2) is 0 Å². The Kier molecular flexibility index (Phi) is 44.9. The number of carbonyl (C=O) groups excluding carboxylic acids is 2. The summed E-state index contributed by atoms with van der Waals surface area (Å²) in [5.41, 5.74) is 0. The van der Waals surface area contributed by atoms with Crippen molar-refractivity contribution in [3.63, 3.8) is 0 Å². The molecule has 3 atom stereocenters. The molecule has 0 fully saturated rings. The first-order valence-electron chi connectivity index (χ1n) is 26.9. The van der Waals surface area contributed by atoms with E-state index in [1.165, 1.54) is 57.8 Å². The number of phosphoric ester groups is 1. The Morgan fingerprint density at radius 2 is 0.955 bits per heavy atom. The maximum atomic E-state index is 13.4. The van der Waals surface area contributed by atoms with Crippen LogP contribution in [0, 0.1) is 0 Å². The zero-order valence-electron chi connectivity index (χ0n) is 43.8. The molecule has 0 aromatic rings. The molecule has 9 nitrogen and oxygen atoms in total. The van der Waals surface area contributed by atoms with Crippen molar-refractivity contribution >= 4 is 19.7 Å². The number of hydrogen-bond donors (Lipinski definition) is 1. The lowest BCUT2D eigenvalue weighted by molar-refractivity contribution is -0.870. The Morgan fingerprint density at radius 1 is 0.537 bits per heavy atom. The zero-order chi connectivity index (χ0) is 49.4.